The Kier molecular flexibility index (Phi) is 3.40. The quantitative estimate of drug-likeness (QED) is 0.753. The van der Waals surface area contributed by atoms with E-state index in [9.17, 15) is 10.2 Å². The van der Waals surface area contributed by atoms with Gasteiger partial charge in [0.25, 0.3) is 5.82 Å². The van der Waals surface area contributed by atoms with Gasteiger partial charge in [0.2, 0.25) is 0 Å². The smallest absolute Gasteiger partial charge is 0.258 e. The fourth-order valence-electron chi connectivity index (χ4n) is 2.59. The van der Waals surface area contributed by atoms with Gasteiger partial charge in [0.15, 0.2) is 11.2 Å². The SMILES string of the molecule is C[N+](C)(C)c1ncnc2c1ncn2[C@H]1C[C@H](O)[C@H](CO)O1. The van der Waals surface area contributed by atoms with E-state index in [-0.39, 0.29) is 12.8 Å². The number of aromatic nitrogens is 4. The van der Waals surface area contributed by atoms with Gasteiger partial charge < -0.3 is 14.9 Å². The molecule has 114 valence electrons. The maximum Gasteiger partial charge on any atom is 0.258 e. The van der Waals surface area contributed by atoms with E-state index in [1.54, 1.807) is 10.9 Å². The van der Waals surface area contributed by atoms with Gasteiger partial charge in [-0.25, -0.2) is 9.97 Å². The maximum atomic E-state index is 9.86. The van der Waals surface area contributed by atoms with Gasteiger partial charge in [0.05, 0.1) is 40.2 Å². The minimum atomic E-state index is -0.683. The Balaban J connectivity index is 2.02. The number of hydrogen-bond donors (Lipinski definition) is 2. The average molecular weight is 294 g/mol. The Bertz CT molecular complexity index is 651. The average Bonchev–Trinajstić information content (AvgIpc) is 3.00. The molecule has 3 heterocycles. The molecule has 21 heavy (non-hydrogen) atoms. The summed E-state index contributed by atoms with van der Waals surface area (Å²) in [4.78, 5) is 13.0. The lowest BCUT2D eigenvalue weighted by Crippen LogP contribution is -2.36. The Morgan fingerprint density at radius 2 is 2.10 bits per heavy atom. The van der Waals surface area contributed by atoms with Crippen molar-refractivity contribution >= 4 is 17.0 Å². The molecule has 8 heteroatoms. The lowest BCUT2D eigenvalue weighted by molar-refractivity contribution is -0.0432. The van der Waals surface area contributed by atoms with Crippen LogP contribution in [0.25, 0.3) is 11.2 Å². The molecule has 8 nitrogen and oxygen atoms in total. The van der Waals surface area contributed by atoms with E-state index < -0.39 is 12.2 Å². The van der Waals surface area contributed by atoms with Gasteiger partial charge in [-0.05, 0) is 0 Å². The van der Waals surface area contributed by atoms with Crippen LogP contribution in [0.4, 0.5) is 5.82 Å². The van der Waals surface area contributed by atoms with Crippen molar-refractivity contribution in [1.29, 1.82) is 0 Å². The van der Waals surface area contributed by atoms with Crippen LogP contribution in [0, 0.1) is 0 Å². The number of rotatable bonds is 3. The largest absolute Gasteiger partial charge is 0.394 e. The Morgan fingerprint density at radius 1 is 1.33 bits per heavy atom. The number of fused-ring (bicyclic) bond motifs is 1. The molecular weight excluding hydrogens is 274 g/mol. The zero-order valence-corrected chi connectivity index (χ0v) is 12.3. The first-order chi connectivity index (χ1) is 9.91. The molecule has 0 aliphatic carbocycles. The Hall–Kier alpha value is -1.61. The van der Waals surface area contributed by atoms with Crippen molar-refractivity contribution in [1.82, 2.24) is 24.0 Å². The molecule has 2 N–H and O–H groups in total. The van der Waals surface area contributed by atoms with Gasteiger partial charge >= 0.3 is 0 Å². The molecule has 0 amide bonds. The minimum Gasteiger partial charge on any atom is -0.394 e. The van der Waals surface area contributed by atoms with E-state index in [4.69, 9.17) is 4.74 Å². The second-order valence-electron chi connectivity index (χ2n) is 6.15. The van der Waals surface area contributed by atoms with Crippen LogP contribution in [0.2, 0.25) is 0 Å². The summed E-state index contributed by atoms with van der Waals surface area (Å²) in [7, 11) is 6.04. The van der Waals surface area contributed by atoms with E-state index in [1.165, 1.54) is 6.33 Å². The number of aliphatic hydroxyl groups is 2. The summed E-state index contributed by atoms with van der Waals surface area (Å²) >= 11 is 0. The molecule has 3 atom stereocenters. The van der Waals surface area contributed by atoms with Gasteiger partial charge in [0, 0.05) is 6.42 Å². The van der Waals surface area contributed by atoms with Crippen LogP contribution in [0.5, 0.6) is 0 Å². The summed E-state index contributed by atoms with van der Waals surface area (Å²) in [5.74, 6) is 0.816. The summed E-state index contributed by atoms with van der Waals surface area (Å²) in [6, 6.07) is 0. The number of hydrogen-bond acceptors (Lipinski definition) is 6. The first-order valence-electron chi connectivity index (χ1n) is 6.85. The van der Waals surface area contributed by atoms with Crippen molar-refractivity contribution in [2.24, 2.45) is 0 Å². The lowest BCUT2D eigenvalue weighted by Gasteiger charge is -2.21. The van der Waals surface area contributed by atoms with E-state index in [1.807, 2.05) is 21.1 Å². The molecule has 0 radical (unpaired) electrons. The van der Waals surface area contributed by atoms with Gasteiger partial charge in [-0.15, -0.1) is 0 Å². The monoisotopic (exact) mass is 294 g/mol. The minimum absolute atomic E-state index is 0.205. The van der Waals surface area contributed by atoms with Crippen molar-refractivity contribution in [3.05, 3.63) is 12.7 Å². The first kappa shape index (κ1) is 14.3. The highest BCUT2D eigenvalue weighted by atomic mass is 16.5. The van der Waals surface area contributed by atoms with Gasteiger partial charge in [-0.2, -0.15) is 4.98 Å². The zero-order chi connectivity index (χ0) is 15.2. The summed E-state index contributed by atoms with van der Waals surface area (Å²) in [5, 5.41) is 19.0. The maximum absolute atomic E-state index is 9.86. The first-order valence-corrected chi connectivity index (χ1v) is 6.85. The number of ether oxygens (including phenoxy) is 1. The molecule has 0 unspecified atom stereocenters. The standard InChI is InChI=1S/C13H20N5O3/c1-18(2,3)13-11-12(14-6-15-13)17(7-16-11)10-4-8(20)9(5-19)21-10/h6-10,19-20H,4-5H2,1-3H3/q+1/t8-,9-,10+/m0/s1. The molecule has 0 saturated carbocycles. The van der Waals surface area contributed by atoms with Crippen molar-refractivity contribution in [2.75, 3.05) is 27.7 Å². The van der Waals surface area contributed by atoms with E-state index in [0.29, 0.717) is 16.6 Å². The second-order valence-corrected chi connectivity index (χ2v) is 6.15. The summed E-state index contributed by atoms with van der Waals surface area (Å²) < 4.78 is 7.98. The van der Waals surface area contributed by atoms with Crippen LogP contribution in [0.3, 0.4) is 0 Å². The molecular formula is C13H20N5O3+. The predicted octanol–water partition coefficient (Wildman–Crippen LogP) is -0.336. The molecule has 0 bridgehead atoms. The lowest BCUT2D eigenvalue weighted by atomic mass is 10.2. The molecule has 1 fully saturated rings. The topological polar surface area (TPSA) is 93.3 Å². The molecule has 2 aromatic rings. The summed E-state index contributed by atoms with van der Waals surface area (Å²) in [6.07, 6.45) is 1.94. The fourth-order valence-corrected chi connectivity index (χ4v) is 2.59. The van der Waals surface area contributed by atoms with Crippen LogP contribution in [-0.2, 0) is 4.74 Å². The van der Waals surface area contributed by atoms with Crippen molar-refractivity contribution in [3.8, 4) is 0 Å². The number of nitrogens with zero attached hydrogens (tertiary/aromatic N) is 5. The third kappa shape index (κ3) is 2.40. The third-order valence-corrected chi connectivity index (χ3v) is 3.67. The highest BCUT2D eigenvalue weighted by Crippen LogP contribution is 2.32. The Morgan fingerprint density at radius 3 is 2.71 bits per heavy atom. The van der Waals surface area contributed by atoms with E-state index >= 15 is 0 Å². The van der Waals surface area contributed by atoms with Crippen LogP contribution in [0.1, 0.15) is 12.6 Å². The molecule has 0 spiro atoms. The molecule has 3 rings (SSSR count). The van der Waals surface area contributed by atoms with E-state index in [2.05, 4.69) is 15.0 Å². The zero-order valence-electron chi connectivity index (χ0n) is 12.3. The van der Waals surface area contributed by atoms with Crippen molar-refractivity contribution in [3.63, 3.8) is 0 Å². The number of quaternary nitrogens is 1. The molecule has 2 aromatic heterocycles. The van der Waals surface area contributed by atoms with Crippen LogP contribution in [0.15, 0.2) is 12.7 Å². The van der Waals surface area contributed by atoms with Gasteiger partial charge in [-0.3, -0.25) is 9.05 Å². The molecule has 0 aromatic carbocycles. The fraction of sp³-hybridized carbons (Fsp3) is 0.615. The van der Waals surface area contributed by atoms with Crippen molar-refractivity contribution < 1.29 is 14.9 Å². The van der Waals surface area contributed by atoms with Gasteiger partial charge in [-0.1, -0.05) is 0 Å². The Labute approximate surface area is 122 Å². The van der Waals surface area contributed by atoms with Crippen LogP contribution >= 0.6 is 0 Å². The number of aliphatic hydroxyl groups excluding tert-OH is 2. The highest BCUT2D eigenvalue weighted by molar-refractivity contribution is 5.81. The van der Waals surface area contributed by atoms with E-state index in [0.717, 1.165) is 11.3 Å². The van der Waals surface area contributed by atoms with Crippen LogP contribution in [-0.4, -0.2) is 69.7 Å². The molecule has 1 aliphatic heterocycles. The normalized spacial score (nSPS) is 26.6. The van der Waals surface area contributed by atoms with Crippen molar-refractivity contribution in [2.45, 2.75) is 24.9 Å². The third-order valence-electron chi connectivity index (χ3n) is 3.67. The summed E-state index contributed by atoms with van der Waals surface area (Å²) in [5.41, 5.74) is 1.39. The number of imidazole rings is 1. The van der Waals surface area contributed by atoms with Crippen LogP contribution < -0.4 is 4.48 Å². The highest BCUT2D eigenvalue weighted by Gasteiger charge is 2.36. The predicted molar refractivity (Wildman–Crippen MR) is 76.5 cm³/mol. The molecule has 1 aliphatic rings. The summed E-state index contributed by atoms with van der Waals surface area (Å²) in [6.45, 7) is -0.205. The molecule has 1 saturated heterocycles. The van der Waals surface area contributed by atoms with Gasteiger partial charge in [0.1, 0.15) is 18.7 Å². The second kappa shape index (κ2) is 4.99.